The topological polar surface area (TPSA) is 74.5 Å². The molecule has 1 aromatic heterocycles. The molecule has 1 aromatic rings. The molecule has 1 amide bonds. The van der Waals surface area contributed by atoms with Crippen LogP contribution in [-0.4, -0.2) is 59.1 Å². The van der Waals surface area contributed by atoms with Crippen molar-refractivity contribution in [3.8, 4) is 0 Å². The summed E-state index contributed by atoms with van der Waals surface area (Å²) < 4.78 is 5.54. The SMILES string of the molecule is CC(C)C(c1nc(C2CNCCN2C)no1)N1CCCC1=O.Cl. The summed E-state index contributed by atoms with van der Waals surface area (Å²) in [5.41, 5.74) is 0. The lowest BCUT2D eigenvalue weighted by molar-refractivity contribution is -0.131. The number of nitrogens with one attached hydrogen (secondary N) is 1. The van der Waals surface area contributed by atoms with Gasteiger partial charge in [0, 0.05) is 32.6 Å². The third kappa shape index (κ3) is 3.67. The summed E-state index contributed by atoms with van der Waals surface area (Å²) in [7, 11) is 2.07. The fraction of sp³-hybridized carbons (Fsp3) is 0.800. The highest BCUT2D eigenvalue weighted by Crippen LogP contribution is 2.32. The molecule has 2 atom stereocenters. The van der Waals surface area contributed by atoms with E-state index in [1.54, 1.807) is 0 Å². The summed E-state index contributed by atoms with van der Waals surface area (Å²) in [6.07, 6.45) is 1.54. The fourth-order valence-electron chi connectivity index (χ4n) is 3.34. The van der Waals surface area contributed by atoms with Gasteiger partial charge in [-0.25, -0.2) is 0 Å². The van der Waals surface area contributed by atoms with Crippen LogP contribution in [0.2, 0.25) is 0 Å². The molecule has 2 aliphatic heterocycles. The standard InChI is InChI=1S/C15H25N5O2.ClH/c1-10(2)13(20-7-4-5-12(20)21)15-17-14(18-22-15)11-9-16-6-8-19(11)3;/h10-11,13,16H,4-9H2,1-3H3;1H. The number of carbonyl (C=O) groups is 1. The molecule has 2 fully saturated rings. The van der Waals surface area contributed by atoms with Crippen LogP contribution in [0.4, 0.5) is 0 Å². The summed E-state index contributed by atoms with van der Waals surface area (Å²) in [5, 5.41) is 7.54. The highest BCUT2D eigenvalue weighted by Gasteiger charge is 2.36. The van der Waals surface area contributed by atoms with E-state index in [2.05, 4.69) is 41.3 Å². The molecular weight excluding hydrogens is 318 g/mol. The first-order chi connectivity index (χ1) is 10.6. The zero-order valence-corrected chi connectivity index (χ0v) is 14.8. The van der Waals surface area contributed by atoms with Gasteiger partial charge in [0.05, 0.1) is 6.04 Å². The normalized spacial score (nSPS) is 24.1. The van der Waals surface area contributed by atoms with E-state index in [0.29, 0.717) is 18.1 Å². The van der Waals surface area contributed by atoms with Gasteiger partial charge in [-0.3, -0.25) is 9.69 Å². The van der Waals surface area contributed by atoms with Crippen LogP contribution in [0.5, 0.6) is 0 Å². The molecule has 130 valence electrons. The Bertz CT molecular complexity index is 536. The fourth-order valence-corrected chi connectivity index (χ4v) is 3.34. The van der Waals surface area contributed by atoms with Crippen molar-refractivity contribution in [2.24, 2.45) is 5.92 Å². The molecule has 0 saturated carbocycles. The van der Waals surface area contributed by atoms with Gasteiger partial charge in [0.15, 0.2) is 5.82 Å². The van der Waals surface area contributed by atoms with E-state index in [1.807, 2.05) is 4.90 Å². The van der Waals surface area contributed by atoms with Crippen LogP contribution >= 0.6 is 12.4 Å². The minimum Gasteiger partial charge on any atom is -0.337 e. The van der Waals surface area contributed by atoms with Crippen molar-refractivity contribution in [2.75, 3.05) is 33.2 Å². The number of halogens is 1. The van der Waals surface area contributed by atoms with Crippen molar-refractivity contribution in [3.63, 3.8) is 0 Å². The van der Waals surface area contributed by atoms with Crippen LogP contribution in [0, 0.1) is 5.92 Å². The Kier molecular flexibility index (Phi) is 6.00. The van der Waals surface area contributed by atoms with Crippen LogP contribution in [-0.2, 0) is 4.79 Å². The molecular formula is C15H26ClN5O2. The number of hydrogen-bond donors (Lipinski definition) is 1. The Morgan fingerprint density at radius 2 is 2.13 bits per heavy atom. The smallest absolute Gasteiger partial charge is 0.249 e. The first kappa shape index (κ1) is 18.2. The second-order valence-corrected chi connectivity index (χ2v) is 6.57. The average molecular weight is 344 g/mol. The van der Waals surface area contributed by atoms with Crippen LogP contribution in [0.3, 0.4) is 0 Å². The molecule has 0 bridgehead atoms. The Morgan fingerprint density at radius 1 is 1.35 bits per heavy atom. The molecule has 0 radical (unpaired) electrons. The van der Waals surface area contributed by atoms with E-state index in [0.717, 1.165) is 32.6 Å². The van der Waals surface area contributed by atoms with Gasteiger partial charge in [0.1, 0.15) is 6.04 Å². The lowest BCUT2D eigenvalue weighted by atomic mass is 10.0. The Hall–Kier alpha value is -1.18. The van der Waals surface area contributed by atoms with Gasteiger partial charge in [-0.2, -0.15) is 4.98 Å². The molecule has 2 unspecified atom stereocenters. The third-order valence-corrected chi connectivity index (χ3v) is 4.60. The van der Waals surface area contributed by atoms with E-state index < -0.39 is 0 Å². The maximum absolute atomic E-state index is 12.1. The molecule has 2 saturated heterocycles. The number of likely N-dealkylation sites (tertiary alicyclic amines) is 1. The van der Waals surface area contributed by atoms with Crippen molar-refractivity contribution >= 4 is 18.3 Å². The first-order valence-electron chi connectivity index (χ1n) is 8.12. The number of likely N-dealkylation sites (N-methyl/N-ethyl adjacent to an activating group) is 1. The van der Waals surface area contributed by atoms with Gasteiger partial charge in [-0.05, 0) is 19.4 Å². The molecule has 3 heterocycles. The number of nitrogens with zero attached hydrogens (tertiary/aromatic N) is 4. The summed E-state index contributed by atoms with van der Waals surface area (Å²) in [6, 6.07) is 0.0199. The maximum atomic E-state index is 12.1. The summed E-state index contributed by atoms with van der Waals surface area (Å²) in [5.74, 6) is 1.72. The molecule has 1 N–H and O–H groups in total. The second kappa shape index (κ2) is 7.59. The van der Waals surface area contributed by atoms with Crippen LogP contribution in [0.1, 0.15) is 50.5 Å². The van der Waals surface area contributed by atoms with E-state index in [9.17, 15) is 4.79 Å². The molecule has 8 heteroatoms. The lowest BCUT2D eigenvalue weighted by Crippen LogP contribution is -2.44. The Balaban J connectivity index is 0.00000192. The maximum Gasteiger partial charge on any atom is 0.249 e. The molecule has 23 heavy (non-hydrogen) atoms. The predicted molar refractivity (Wildman–Crippen MR) is 88.3 cm³/mol. The van der Waals surface area contributed by atoms with Crippen LogP contribution in [0.15, 0.2) is 4.52 Å². The van der Waals surface area contributed by atoms with E-state index >= 15 is 0 Å². The second-order valence-electron chi connectivity index (χ2n) is 6.57. The summed E-state index contributed by atoms with van der Waals surface area (Å²) >= 11 is 0. The highest BCUT2D eigenvalue weighted by molar-refractivity contribution is 5.85. The van der Waals surface area contributed by atoms with Crippen molar-refractivity contribution in [1.82, 2.24) is 25.3 Å². The number of amides is 1. The predicted octanol–water partition coefficient (Wildman–Crippen LogP) is 1.39. The zero-order chi connectivity index (χ0) is 15.7. The van der Waals surface area contributed by atoms with Crippen LogP contribution < -0.4 is 5.32 Å². The Labute approximate surface area is 143 Å². The average Bonchev–Trinajstić information content (AvgIpc) is 3.10. The highest BCUT2D eigenvalue weighted by atomic mass is 35.5. The van der Waals surface area contributed by atoms with Gasteiger partial charge >= 0.3 is 0 Å². The monoisotopic (exact) mass is 343 g/mol. The van der Waals surface area contributed by atoms with Gasteiger partial charge in [-0.15, -0.1) is 12.4 Å². The van der Waals surface area contributed by atoms with Crippen molar-refractivity contribution in [3.05, 3.63) is 11.7 Å². The molecule has 2 aliphatic rings. The molecule has 3 rings (SSSR count). The third-order valence-electron chi connectivity index (χ3n) is 4.60. The van der Waals surface area contributed by atoms with Crippen molar-refractivity contribution < 1.29 is 9.32 Å². The van der Waals surface area contributed by atoms with Crippen molar-refractivity contribution in [1.29, 1.82) is 0 Å². The number of carbonyl (C=O) groups excluding carboxylic acids is 1. The van der Waals surface area contributed by atoms with E-state index in [-0.39, 0.29) is 36.3 Å². The van der Waals surface area contributed by atoms with E-state index in [4.69, 9.17) is 4.52 Å². The zero-order valence-electron chi connectivity index (χ0n) is 14.0. The lowest BCUT2D eigenvalue weighted by Gasteiger charge is -2.30. The molecule has 0 spiro atoms. The van der Waals surface area contributed by atoms with Gasteiger partial charge in [0.2, 0.25) is 11.8 Å². The van der Waals surface area contributed by atoms with Gasteiger partial charge in [0.25, 0.3) is 0 Å². The number of aromatic nitrogens is 2. The van der Waals surface area contributed by atoms with Crippen molar-refractivity contribution in [2.45, 2.75) is 38.8 Å². The molecule has 0 aliphatic carbocycles. The minimum absolute atomic E-state index is 0. The Morgan fingerprint density at radius 3 is 2.74 bits per heavy atom. The largest absolute Gasteiger partial charge is 0.337 e. The summed E-state index contributed by atoms with van der Waals surface area (Å²) in [4.78, 5) is 20.8. The van der Waals surface area contributed by atoms with Gasteiger partial charge in [-0.1, -0.05) is 19.0 Å². The number of rotatable bonds is 4. The van der Waals surface area contributed by atoms with Gasteiger partial charge < -0.3 is 14.7 Å². The minimum atomic E-state index is -0.113. The number of hydrogen-bond acceptors (Lipinski definition) is 6. The van der Waals surface area contributed by atoms with Crippen LogP contribution in [0.25, 0.3) is 0 Å². The first-order valence-corrected chi connectivity index (χ1v) is 8.12. The van der Waals surface area contributed by atoms with E-state index in [1.165, 1.54) is 0 Å². The quantitative estimate of drug-likeness (QED) is 0.890. The summed E-state index contributed by atoms with van der Waals surface area (Å²) in [6.45, 7) is 7.74. The number of piperazine rings is 1. The molecule has 7 nitrogen and oxygen atoms in total. The molecule has 0 aromatic carbocycles.